The van der Waals surface area contributed by atoms with Crippen LogP contribution in [0.1, 0.15) is 6.42 Å². The molecule has 0 atom stereocenters. The number of fused-ring (bicyclic) bond motifs is 1. The smallest absolute Gasteiger partial charge is 0.180 e. The van der Waals surface area contributed by atoms with Gasteiger partial charge in [-0.05, 0) is 6.42 Å². The number of nitrogens with one attached hydrogen (secondary N) is 1. The fourth-order valence-corrected chi connectivity index (χ4v) is 1.87. The lowest BCUT2D eigenvalue weighted by molar-refractivity contribution is 0.660. The van der Waals surface area contributed by atoms with Gasteiger partial charge in [-0.25, -0.2) is 15.0 Å². The van der Waals surface area contributed by atoms with Gasteiger partial charge in [0, 0.05) is 50.3 Å². The molecule has 0 aliphatic heterocycles. The largest absolute Gasteiger partial charge is 0.367 e. The SMILES string of the molecule is c1cn(CCCNc2nccn3ccnc23)cn1. The summed E-state index contributed by atoms with van der Waals surface area (Å²) in [7, 11) is 0. The summed E-state index contributed by atoms with van der Waals surface area (Å²) in [6, 6.07) is 0. The van der Waals surface area contributed by atoms with Gasteiger partial charge in [0.2, 0.25) is 0 Å². The second-order valence-corrected chi connectivity index (χ2v) is 4.01. The summed E-state index contributed by atoms with van der Waals surface area (Å²) < 4.78 is 4.01. The van der Waals surface area contributed by atoms with Crippen molar-refractivity contribution in [2.75, 3.05) is 11.9 Å². The Balaban J connectivity index is 1.58. The summed E-state index contributed by atoms with van der Waals surface area (Å²) in [6.45, 7) is 1.81. The minimum Gasteiger partial charge on any atom is -0.367 e. The molecule has 0 aliphatic rings. The van der Waals surface area contributed by atoms with E-state index in [1.165, 1.54) is 0 Å². The average molecular weight is 242 g/mol. The van der Waals surface area contributed by atoms with E-state index in [1.807, 2.05) is 29.3 Å². The van der Waals surface area contributed by atoms with Crippen LogP contribution in [0.2, 0.25) is 0 Å². The molecule has 3 aromatic heterocycles. The molecule has 0 aromatic carbocycles. The third-order valence-corrected chi connectivity index (χ3v) is 2.76. The highest BCUT2D eigenvalue weighted by Gasteiger charge is 2.02. The fraction of sp³-hybridized carbons (Fsp3) is 0.250. The molecule has 3 aromatic rings. The Morgan fingerprint density at radius 3 is 2.78 bits per heavy atom. The summed E-state index contributed by atoms with van der Waals surface area (Å²) in [4.78, 5) is 12.6. The Bertz CT molecular complexity index is 612. The average Bonchev–Trinajstić information content (AvgIpc) is 3.05. The van der Waals surface area contributed by atoms with Crippen molar-refractivity contribution in [3.63, 3.8) is 0 Å². The topological polar surface area (TPSA) is 60.0 Å². The van der Waals surface area contributed by atoms with E-state index in [0.717, 1.165) is 31.0 Å². The van der Waals surface area contributed by atoms with Crippen LogP contribution < -0.4 is 5.32 Å². The van der Waals surface area contributed by atoms with Crippen molar-refractivity contribution < 1.29 is 0 Å². The van der Waals surface area contributed by atoms with E-state index < -0.39 is 0 Å². The maximum Gasteiger partial charge on any atom is 0.180 e. The van der Waals surface area contributed by atoms with Crippen LogP contribution in [0.4, 0.5) is 5.82 Å². The highest BCUT2D eigenvalue weighted by molar-refractivity contribution is 5.61. The number of aromatic nitrogens is 5. The molecule has 0 aliphatic carbocycles. The minimum absolute atomic E-state index is 0.827. The second-order valence-electron chi connectivity index (χ2n) is 4.01. The molecular formula is C12H14N6. The fourth-order valence-electron chi connectivity index (χ4n) is 1.87. The standard InChI is InChI=1S/C12H14N6/c1(6-17-7-3-13-10-17)2-14-11-12-16-5-9-18(12)8-4-15-11/h3-5,7-10H,1-2,6H2,(H,14,15). The molecule has 0 unspecified atom stereocenters. The van der Waals surface area contributed by atoms with Gasteiger partial charge < -0.3 is 14.3 Å². The Hall–Kier alpha value is -2.37. The Morgan fingerprint density at radius 2 is 1.94 bits per heavy atom. The first kappa shape index (κ1) is 10.8. The molecule has 0 radical (unpaired) electrons. The summed E-state index contributed by atoms with van der Waals surface area (Å²) in [6.07, 6.45) is 13.9. The molecule has 0 bridgehead atoms. The summed E-state index contributed by atoms with van der Waals surface area (Å²) in [5.74, 6) is 0.827. The van der Waals surface area contributed by atoms with Gasteiger partial charge in [0.25, 0.3) is 0 Å². The van der Waals surface area contributed by atoms with E-state index in [1.54, 1.807) is 18.6 Å². The van der Waals surface area contributed by atoms with Crippen LogP contribution in [0, 0.1) is 0 Å². The van der Waals surface area contributed by atoms with E-state index in [0.29, 0.717) is 0 Å². The van der Waals surface area contributed by atoms with Gasteiger partial charge in [-0.15, -0.1) is 0 Å². The van der Waals surface area contributed by atoms with Gasteiger partial charge >= 0.3 is 0 Å². The number of hydrogen-bond donors (Lipinski definition) is 1. The van der Waals surface area contributed by atoms with Crippen LogP contribution in [0.5, 0.6) is 0 Å². The molecule has 1 N–H and O–H groups in total. The highest BCUT2D eigenvalue weighted by Crippen LogP contribution is 2.10. The van der Waals surface area contributed by atoms with E-state index in [-0.39, 0.29) is 0 Å². The van der Waals surface area contributed by atoms with Gasteiger partial charge in [0.15, 0.2) is 11.5 Å². The molecule has 0 fully saturated rings. The van der Waals surface area contributed by atoms with E-state index in [9.17, 15) is 0 Å². The maximum absolute atomic E-state index is 4.30. The molecule has 18 heavy (non-hydrogen) atoms. The Morgan fingerprint density at radius 1 is 1.06 bits per heavy atom. The third kappa shape index (κ3) is 2.17. The monoisotopic (exact) mass is 242 g/mol. The van der Waals surface area contributed by atoms with Crippen LogP contribution in [-0.2, 0) is 6.54 Å². The van der Waals surface area contributed by atoms with Crippen molar-refractivity contribution >= 4 is 11.5 Å². The number of nitrogens with zero attached hydrogens (tertiary/aromatic N) is 5. The van der Waals surface area contributed by atoms with Crippen LogP contribution in [0.25, 0.3) is 5.65 Å². The van der Waals surface area contributed by atoms with Gasteiger partial charge in [0.05, 0.1) is 6.33 Å². The first-order valence-electron chi connectivity index (χ1n) is 5.91. The molecule has 3 rings (SSSR count). The predicted octanol–water partition coefficient (Wildman–Crippen LogP) is 1.43. The number of aryl methyl sites for hydroxylation is 1. The molecular weight excluding hydrogens is 228 g/mol. The highest BCUT2D eigenvalue weighted by atomic mass is 15.1. The molecule has 0 saturated carbocycles. The summed E-state index contributed by atoms with van der Waals surface area (Å²) >= 11 is 0. The lowest BCUT2D eigenvalue weighted by Crippen LogP contribution is -2.08. The molecule has 6 nitrogen and oxygen atoms in total. The molecule has 0 amide bonds. The van der Waals surface area contributed by atoms with Crippen molar-refractivity contribution in [3.05, 3.63) is 43.5 Å². The minimum atomic E-state index is 0.827. The summed E-state index contributed by atoms with van der Waals surface area (Å²) in [5.41, 5.74) is 0.861. The Kier molecular flexibility index (Phi) is 2.91. The summed E-state index contributed by atoms with van der Waals surface area (Å²) in [5, 5.41) is 3.31. The normalized spacial score (nSPS) is 10.9. The van der Waals surface area contributed by atoms with Gasteiger partial charge in [-0.1, -0.05) is 0 Å². The third-order valence-electron chi connectivity index (χ3n) is 2.76. The van der Waals surface area contributed by atoms with Crippen molar-refractivity contribution in [1.82, 2.24) is 23.9 Å². The molecule has 92 valence electrons. The van der Waals surface area contributed by atoms with Gasteiger partial charge in [0.1, 0.15) is 0 Å². The molecule has 6 heteroatoms. The molecule has 0 saturated heterocycles. The van der Waals surface area contributed by atoms with E-state index in [4.69, 9.17) is 0 Å². The van der Waals surface area contributed by atoms with Gasteiger partial charge in [-0.3, -0.25) is 0 Å². The lowest BCUT2D eigenvalue weighted by atomic mass is 10.4. The number of hydrogen-bond acceptors (Lipinski definition) is 4. The lowest BCUT2D eigenvalue weighted by Gasteiger charge is -2.06. The zero-order valence-electron chi connectivity index (χ0n) is 9.90. The van der Waals surface area contributed by atoms with E-state index >= 15 is 0 Å². The molecule has 0 spiro atoms. The zero-order chi connectivity index (χ0) is 12.2. The van der Waals surface area contributed by atoms with Crippen molar-refractivity contribution in [1.29, 1.82) is 0 Å². The van der Waals surface area contributed by atoms with Crippen molar-refractivity contribution in [2.24, 2.45) is 0 Å². The maximum atomic E-state index is 4.30. The van der Waals surface area contributed by atoms with Crippen LogP contribution in [0.15, 0.2) is 43.5 Å². The zero-order valence-corrected chi connectivity index (χ0v) is 9.90. The van der Waals surface area contributed by atoms with Crippen molar-refractivity contribution in [2.45, 2.75) is 13.0 Å². The number of imidazole rings is 2. The quantitative estimate of drug-likeness (QED) is 0.687. The van der Waals surface area contributed by atoms with Crippen LogP contribution >= 0.6 is 0 Å². The van der Waals surface area contributed by atoms with Crippen LogP contribution in [-0.4, -0.2) is 30.5 Å². The first-order valence-corrected chi connectivity index (χ1v) is 5.91. The Labute approximate surface area is 104 Å². The van der Waals surface area contributed by atoms with Crippen molar-refractivity contribution in [3.8, 4) is 0 Å². The predicted molar refractivity (Wildman–Crippen MR) is 68.3 cm³/mol. The second kappa shape index (κ2) is 4.87. The number of anilines is 1. The molecule has 3 heterocycles. The first-order chi connectivity index (χ1) is 8.93. The van der Waals surface area contributed by atoms with Gasteiger partial charge in [-0.2, -0.15) is 0 Å². The van der Waals surface area contributed by atoms with E-state index in [2.05, 4.69) is 24.8 Å². The number of rotatable bonds is 5. The van der Waals surface area contributed by atoms with Crippen LogP contribution in [0.3, 0.4) is 0 Å².